The van der Waals surface area contributed by atoms with Gasteiger partial charge >= 0.3 is 0 Å². The Morgan fingerprint density at radius 2 is 1.54 bits per heavy atom. The third kappa shape index (κ3) is 5.82. The zero-order valence-electron chi connectivity index (χ0n) is 14.5. The van der Waals surface area contributed by atoms with Gasteiger partial charge in [-0.25, -0.2) is 0 Å². The molecule has 1 unspecified atom stereocenters. The highest BCUT2D eigenvalue weighted by atomic mass is 35.5. The van der Waals surface area contributed by atoms with Crippen molar-refractivity contribution in [3.05, 3.63) is 64.7 Å². The normalized spacial score (nSPS) is 11.3. The number of rotatable bonds is 5. The summed E-state index contributed by atoms with van der Waals surface area (Å²) < 4.78 is 0. The van der Waals surface area contributed by atoms with Gasteiger partial charge in [0.2, 0.25) is 0 Å². The van der Waals surface area contributed by atoms with Crippen LogP contribution in [0.2, 0.25) is 5.02 Å². The first kappa shape index (κ1) is 19.9. The van der Waals surface area contributed by atoms with Crippen molar-refractivity contribution in [2.45, 2.75) is 26.3 Å². The molecular formula is C19H20ClN3O2S. The molecule has 1 atom stereocenters. The van der Waals surface area contributed by atoms with Crippen molar-refractivity contribution in [1.29, 1.82) is 0 Å². The summed E-state index contributed by atoms with van der Waals surface area (Å²) in [7, 11) is 0. The van der Waals surface area contributed by atoms with Gasteiger partial charge < -0.3 is 10.6 Å². The Labute approximate surface area is 163 Å². The van der Waals surface area contributed by atoms with Crippen molar-refractivity contribution in [3.8, 4) is 0 Å². The van der Waals surface area contributed by atoms with Crippen LogP contribution in [-0.2, 0) is 0 Å². The van der Waals surface area contributed by atoms with Crippen LogP contribution in [0.4, 0.5) is 5.69 Å². The molecule has 0 spiro atoms. The highest BCUT2D eigenvalue weighted by Gasteiger charge is 2.10. The number of amides is 2. The van der Waals surface area contributed by atoms with E-state index in [0.717, 1.165) is 6.42 Å². The molecule has 0 heterocycles. The summed E-state index contributed by atoms with van der Waals surface area (Å²) in [5.74, 6) is -0.451. The Bertz CT molecular complexity index is 791. The van der Waals surface area contributed by atoms with E-state index in [4.69, 9.17) is 23.8 Å². The van der Waals surface area contributed by atoms with E-state index < -0.39 is 0 Å². The lowest BCUT2D eigenvalue weighted by Gasteiger charge is -2.12. The van der Waals surface area contributed by atoms with Crippen LogP contribution in [0, 0.1) is 0 Å². The van der Waals surface area contributed by atoms with Crippen LogP contribution in [-0.4, -0.2) is 23.0 Å². The van der Waals surface area contributed by atoms with E-state index in [9.17, 15) is 9.59 Å². The highest BCUT2D eigenvalue weighted by molar-refractivity contribution is 7.80. The van der Waals surface area contributed by atoms with Crippen LogP contribution in [0.3, 0.4) is 0 Å². The smallest absolute Gasteiger partial charge is 0.257 e. The number of hydrogen-bond acceptors (Lipinski definition) is 3. The number of carbonyl (C=O) groups is 2. The third-order valence-electron chi connectivity index (χ3n) is 3.73. The number of nitrogens with one attached hydrogen (secondary N) is 3. The van der Waals surface area contributed by atoms with Gasteiger partial charge in [-0.1, -0.05) is 18.5 Å². The largest absolute Gasteiger partial charge is 0.350 e. The Morgan fingerprint density at radius 1 is 1.00 bits per heavy atom. The fourth-order valence-electron chi connectivity index (χ4n) is 2.05. The number of benzene rings is 2. The average molecular weight is 390 g/mol. The molecule has 136 valence electrons. The minimum atomic E-state index is -0.330. The van der Waals surface area contributed by atoms with E-state index in [1.807, 2.05) is 13.8 Å². The fraction of sp³-hybridized carbons (Fsp3) is 0.211. The molecule has 5 nitrogen and oxygen atoms in total. The predicted octanol–water partition coefficient (Wildman–Crippen LogP) is 4.00. The molecule has 0 radical (unpaired) electrons. The zero-order valence-corrected chi connectivity index (χ0v) is 16.1. The Morgan fingerprint density at radius 3 is 2.12 bits per heavy atom. The predicted molar refractivity (Wildman–Crippen MR) is 109 cm³/mol. The molecule has 2 aromatic rings. The maximum absolute atomic E-state index is 12.1. The monoisotopic (exact) mass is 389 g/mol. The molecule has 0 aliphatic rings. The summed E-state index contributed by atoms with van der Waals surface area (Å²) >= 11 is 10.9. The summed E-state index contributed by atoms with van der Waals surface area (Å²) in [4.78, 5) is 24.1. The minimum absolute atomic E-state index is 0.121. The summed E-state index contributed by atoms with van der Waals surface area (Å²) in [5, 5.41) is 9.13. The van der Waals surface area contributed by atoms with E-state index in [1.165, 1.54) is 0 Å². The molecule has 0 saturated heterocycles. The van der Waals surface area contributed by atoms with Crippen LogP contribution in [0.15, 0.2) is 48.5 Å². The lowest BCUT2D eigenvalue weighted by atomic mass is 10.1. The molecule has 0 aromatic heterocycles. The first-order valence-electron chi connectivity index (χ1n) is 8.18. The molecular weight excluding hydrogens is 370 g/mol. The van der Waals surface area contributed by atoms with Gasteiger partial charge in [0.1, 0.15) is 0 Å². The second kappa shape index (κ2) is 9.31. The number of carbonyl (C=O) groups excluding carboxylic acids is 2. The topological polar surface area (TPSA) is 70.2 Å². The maximum atomic E-state index is 12.1. The third-order valence-corrected chi connectivity index (χ3v) is 4.18. The van der Waals surface area contributed by atoms with Gasteiger partial charge in [-0.3, -0.25) is 14.9 Å². The highest BCUT2D eigenvalue weighted by Crippen LogP contribution is 2.11. The molecule has 2 aromatic carbocycles. The second-order valence-corrected chi connectivity index (χ2v) is 6.62. The van der Waals surface area contributed by atoms with Gasteiger partial charge in [0.25, 0.3) is 11.8 Å². The van der Waals surface area contributed by atoms with Gasteiger partial charge in [-0.15, -0.1) is 0 Å². The molecule has 7 heteroatoms. The van der Waals surface area contributed by atoms with E-state index in [2.05, 4.69) is 16.0 Å². The minimum Gasteiger partial charge on any atom is -0.350 e. The van der Waals surface area contributed by atoms with E-state index in [1.54, 1.807) is 48.5 Å². The lowest BCUT2D eigenvalue weighted by Crippen LogP contribution is -2.34. The van der Waals surface area contributed by atoms with Crippen LogP contribution >= 0.6 is 23.8 Å². The first-order chi connectivity index (χ1) is 12.4. The van der Waals surface area contributed by atoms with Crippen LogP contribution in [0.5, 0.6) is 0 Å². The number of hydrogen-bond donors (Lipinski definition) is 3. The Kier molecular flexibility index (Phi) is 7.12. The van der Waals surface area contributed by atoms with Crippen molar-refractivity contribution < 1.29 is 9.59 Å². The molecule has 3 N–H and O–H groups in total. The SMILES string of the molecule is CCC(C)NC(=O)c1ccc(NC(=S)NC(=O)c2ccc(Cl)cc2)cc1. The summed E-state index contributed by atoms with van der Waals surface area (Å²) in [6.45, 7) is 3.97. The molecule has 0 saturated carbocycles. The van der Waals surface area contributed by atoms with E-state index >= 15 is 0 Å². The van der Waals surface area contributed by atoms with Crippen LogP contribution < -0.4 is 16.0 Å². The van der Waals surface area contributed by atoms with Crippen molar-refractivity contribution >= 4 is 46.4 Å². The number of thiocarbonyl (C=S) groups is 1. The molecule has 2 rings (SSSR count). The molecule has 0 bridgehead atoms. The average Bonchev–Trinajstić information content (AvgIpc) is 2.62. The standard InChI is InChI=1S/C19H20ClN3O2S/c1-3-12(2)21-17(24)14-6-10-16(11-7-14)22-19(26)23-18(25)13-4-8-15(20)9-5-13/h4-12H,3H2,1-2H3,(H,21,24)(H2,22,23,25,26). The van der Waals surface area contributed by atoms with Crippen molar-refractivity contribution in [2.75, 3.05) is 5.32 Å². The number of anilines is 1. The molecule has 2 amide bonds. The van der Waals surface area contributed by atoms with Crippen LogP contribution in [0.25, 0.3) is 0 Å². The van der Waals surface area contributed by atoms with E-state index in [-0.39, 0.29) is 23.0 Å². The van der Waals surface area contributed by atoms with Crippen LogP contribution in [0.1, 0.15) is 41.0 Å². The van der Waals surface area contributed by atoms with Gasteiger partial charge in [0.15, 0.2) is 5.11 Å². The maximum Gasteiger partial charge on any atom is 0.257 e. The van der Waals surface area contributed by atoms with Crippen molar-refractivity contribution in [2.24, 2.45) is 0 Å². The summed E-state index contributed by atoms with van der Waals surface area (Å²) in [6.07, 6.45) is 0.868. The number of halogens is 1. The van der Waals surface area contributed by atoms with Gasteiger partial charge in [-0.2, -0.15) is 0 Å². The fourth-order valence-corrected chi connectivity index (χ4v) is 2.39. The van der Waals surface area contributed by atoms with Gasteiger partial charge in [0.05, 0.1) is 0 Å². The quantitative estimate of drug-likeness (QED) is 0.676. The first-order valence-corrected chi connectivity index (χ1v) is 8.96. The van der Waals surface area contributed by atoms with Crippen molar-refractivity contribution in [1.82, 2.24) is 10.6 Å². The molecule has 0 fully saturated rings. The zero-order chi connectivity index (χ0) is 19.1. The molecule has 0 aliphatic heterocycles. The summed E-state index contributed by atoms with van der Waals surface area (Å²) in [5.41, 5.74) is 1.69. The summed E-state index contributed by atoms with van der Waals surface area (Å²) in [6, 6.07) is 13.5. The second-order valence-electron chi connectivity index (χ2n) is 5.78. The lowest BCUT2D eigenvalue weighted by molar-refractivity contribution is 0.0937. The van der Waals surface area contributed by atoms with Gasteiger partial charge in [0, 0.05) is 27.9 Å². The van der Waals surface area contributed by atoms with Gasteiger partial charge in [-0.05, 0) is 74.1 Å². The molecule has 0 aliphatic carbocycles. The Hall–Kier alpha value is -2.44. The molecule has 26 heavy (non-hydrogen) atoms. The van der Waals surface area contributed by atoms with E-state index in [0.29, 0.717) is 21.8 Å². The Balaban J connectivity index is 1.91. The van der Waals surface area contributed by atoms with Crippen molar-refractivity contribution in [3.63, 3.8) is 0 Å².